The van der Waals surface area contributed by atoms with E-state index in [-0.39, 0.29) is 0 Å². The maximum absolute atomic E-state index is 11.8. The minimum absolute atomic E-state index is 0.405. The summed E-state index contributed by atoms with van der Waals surface area (Å²) in [6, 6.07) is 10.3. The van der Waals surface area contributed by atoms with Crippen molar-refractivity contribution in [2.45, 2.75) is 0 Å². The molecule has 20 heavy (non-hydrogen) atoms. The molecule has 0 aliphatic rings. The minimum Gasteiger partial charge on any atom is -0.465 e. The van der Waals surface area contributed by atoms with Crippen molar-refractivity contribution in [2.24, 2.45) is 0 Å². The lowest BCUT2D eigenvalue weighted by atomic mass is 10.2. The van der Waals surface area contributed by atoms with Crippen molar-refractivity contribution in [2.75, 3.05) is 0 Å². The Hall–Kier alpha value is -2.34. The number of hydrogen-bond donors (Lipinski definition) is 2. The molecule has 0 saturated heterocycles. The molecule has 0 spiro atoms. The molecule has 2 amide bonds. The maximum atomic E-state index is 11.8. The third kappa shape index (κ3) is 3.83. The molecular weight excluding hydrogens is 324 g/mol. The number of hydrogen-bond acceptors (Lipinski definition) is 3. The molecule has 0 aliphatic heterocycles. The summed E-state index contributed by atoms with van der Waals surface area (Å²) in [4.78, 5) is 23.3. The zero-order chi connectivity index (χ0) is 14.4. The van der Waals surface area contributed by atoms with Gasteiger partial charge in [-0.2, -0.15) is 0 Å². The van der Waals surface area contributed by atoms with Crippen LogP contribution < -0.4 is 10.9 Å². The molecular formula is C14H11BrN2O3. The van der Waals surface area contributed by atoms with Gasteiger partial charge in [-0.1, -0.05) is 12.1 Å². The van der Waals surface area contributed by atoms with E-state index >= 15 is 0 Å². The highest BCUT2D eigenvalue weighted by molar-refractivity contribution is 9.10. The van der Waals surface area contributed by atoms with Gasteiger partial charge in [-0.05, 0) is 46.3 Å². The Bertz CT molecular complexity index is 636. The van der Waals surface area contributed by atoms with Gasteiger partial charge in [0.1, 0.15) is 5.76 Å². The molecule has 2 rings (SSSR count). The summed E-state index contributed by atoms with van der Waals surface area (Å²) in [6.07, 6.45) is 4.27. The number of halogens is 1. The molecule has 2 aromatic rings. The van der Waals surface area contributed by atoms with Gasteiger partial charge in [0.05, 0.1) is 11.8 Å². The van der Waals surface area contributed by atoms with E-state index < -0.39 is 11.8 Å². The van der Waals surface area contributed by atoms with Gasteiger partial charge in [-0.3, -0.25) is 20.4 Å². The Balaban J connectivity index is 1.87. The highest BCUT2D eigenvalue weighted by Gasteiger charge is 2.09. The minimum atomic E-state index is -0.457. The van der Waals surface area contributed by atoms with Crippen LogP contribution in [0.2, 0.25) is 0 Å². The number of nitrogens with one attached hydrogen (secondary N) is 2. The third-order valence-corrected chi connectivity index (χ3v) is 3.05. The number of amides is 2. The summed E-state index contributed by atoms with van der Waals surface area (Å²) in [5.41, 5.74) is 5.04. The van der Waals surface area contributed by atoms with Crippen LogP contribution in [-0.4, -0.2) is 11.8 Å². The van der Waals surface area contributed by atoms with Crippen LogP contribution in [0.5, 0.6) is 0 Å². The number of carbonyl (C=O) groups excluding carboxylic acids is 2. The molecule has 6 heteroatoms. The molecule has 0 fully saturated rings. The highest BCUT2D eigenvalue weighted by Crippen LogP contribution is 2.15. The van der Waals surface area contributed by atoms with E-state index in [4.69, 9.17) is 4.42 Å². The first-order chi connectivity index (χ1) is 9.66. The van der Waals surface area contributed by atoms with Gasteiger partial charge < -0.3 is 4.42 Å². The van der Waals surface area contributed by atoms with E-state index in [0.717, 1.165) is 0 Å². The van der Waals surface area contributed by atoms with Crippen molar-refractivity contribution in [3.8, 4) is 0 Å². The van der Waals surface area contributed by atoms with Crippen LogP contribution >= 0.6 is 15.9 Å². The maximum Gasteiger partial charge on any atom is 0.270 e. The van der Waals surface area contributed by atoms with E-state index in [2.05, 4.69) is 26.8 Å². The lowest BCUT2D eigenvalue weighted by molar-refractivity contribution is -0.117. The van der Waals surface area contributed by atoms with Gasteiger partial charge >= 0.3 is 0 Å². The first kappa shape index (κ1) is 14.1. The Morgan fingerprint density at radius 2 is 1.90 bits per heavy atom. The fourth-order valence-corrected chi connectivity index (χ4v) is 1.88. The SMILES string of the molecule is O=C(/C=C/c1ccco1)NNC(=O)c1ccccc1Br. The predicted octanol–water partition coefficient (Wildman–Crippen LogP) is 2.52. The predicted molar refractivity (Wildman–Crippen MR) is 77.5 cm³/mol. The van der Waals surface area contributed by atoms with Crippen molar-refractivity contribution in [3.05, 3.63) is 64.5 Å². The first-order valence-corrected chi connectivity index (χ1v) is 6.52. The van der Waals surface area contributed by atoms with Crippen molar-refractivity contribution in [1.82, 2.24) is 10.9 Å². The van der Waals surface area contributed by atoms with Crippen LogP contribution in [0.1, 0.15) is 16.1 Å². The monoisotopic (exact) mass is 334 g/mol. The average Bonchev–Trinajstić information content (AvgIpc) is 2.96. The summed E-state index contributed by atoms with van der Waals surface area (Å²) >= 11 is 3.26. The average molecular weight is 335 g/mol. The molecule has 0 saturated carbocycles. The van der Waals surface area contributed by atoms with Gasteiger partial charge in [0, 0.05) is 10.5 Å². The fourth-order valence-electron chi connectivity index (χ4n) is 1.42. The summed E-state index contributed by atoms with van der Waals surface area (Å²) in [5, 5.41) is 0. The van der Waals surface area contributed by atoms with Crippen LogP contribution in [0.15, 0.2) is 57.6 Å². The Kier molecular flexibility index (Phi) is 4.73. The third-order valence-electron chi connectivity index (χ3n) is 2.36. The van der Waals surface area contributed by atoms with Crippen LogP contribution in [0.25, 0.3) is 6.08 Å². The van der Waals surface area contributed by atoms with Gasteiger partial charge in [0.15, 0.2) is 0 Å². The molecule has 0 aliphatic carbocycles. The van der Waals surface area contributed by atoms with Crippen LogP contribution in [0.3, 0.4) is 0 Å². The molecule has 0 bridgehead atoms. The Morgan fingerprint density at radius 1 is 1.10 bits per heavy atom. The van der Waals surface area contributed by atoms with E-state index in [0.29, 0.717) is 15.8 Å². The van der Waals surface area contributed by atoms with Crippen molar-refractivity contribution >= 4 is 33.8 Å². The quantitative estimate of drug-likeness (QED) is 0.669. The summed E-state index contributed by atoms with van der Waals surface area (Å²) in [5.74, 6) is -0.309. The lowest BCUT2D eigenvalue weighted by Crippen LogP contribution is -2.40. The second kappa shape index (κ2) is 6.72. The molecule has 0 atom stereocenters. The number of rotatable bonds is 3. The molecule has 1 heterocycles. The van der Waals surface area contributed by atoms with Crippen LogP contribution in [-0.2, 0) is 4.79 Å². The van der Waals surface area contributed by atoms with E-state index in [1.807, 2.05) is 0 Å². The summed E-state index contributed by atoms with van der Waals surface area (Å²) in [6.45, 7) is 0. The molecule has 1 aromatic carbocycles. The van der Waals surface area contributed by atoms with E-state index in [9.17, 15) is 9.59 Å². The van der Waals surface area contributed by atoms with Crippen LogP contribution in [0, 0.1) is 0 Å². The standard InChI is InChI=1S/C14H11BrN2O3/c15-12-6-2-1-5-11(12)14(19)17-16-13(18)8-7-10-4-3-9-20-10/h1-9H,(H,16,18)(H,17,19)/b8-7+. The first-order valence-electron chi connectivity index (χ1n) is 5.73. The van der Waals surface area contributed by atoms with Gasteiger partial charge in [-0.25, -0.2) is 0 Å². The topological polar surface area (TPSA) is 71.3 Å². The molecule has 5 nitrogen and oxygen atoms in total. The summed E-state index contributed by atoms with van der Waals surface area (Å²) < 4.78 is 5.69. The molecule has 102 valence electrons. The van der Waals surface area contributed by atoms with Gasteiger partial charge in [-0.15, -0.1) is 0 Å². The molecule has 2 N–H and O–H groups in total. The van der Waals surface area contributed by atoms with Gasteiger partial charge in [0.25, 0.3) is 11.8 Å². The number of carbonyl (C=O) groups is 2. The molecule has 0 unspecified atom stereocenters. The summed E-state index contributed by atoms with van der Waals surface area (Å²) in [7, 11) is 0. The number of furan rings is 1. The smallest absolute Gasteiger partial charge is 0.270 e. The molecule has 0 radical (unpaired) electrons. The second-order valence-electron chi connectivity index (χ2n) is 3.77. The highest BCUT2D eigenvalue weighted by atomic mass is 79.9. The van der Waals surface area contributed by atoms with Crippen molar-refractivity contribution < 1.29 is 14.0 Å². The zero-order valence-electron chi connectivity index (χ0n) is 10.3. The number of benzene rings is 1. The largest absolute Gasteiger partial charge is 0.465 e. The normalized spacial score (nSPS) is 10.4. The Labute approximate surface area is 123 Å². The zero-order valence-corrected chi connectivity index (χ0v) is 11.9. The van der Waals surface area contributed by atoms with Crippen LogP contribution in [0.4, 0.5) is 0 Å². The molecule has 1 aromatic heterocycles. The van der Waals surface area contributed by atoms with Crippen molar-refractivity contribution in [1.29, 1.82) is 0 Å². The van der Waals surface area contributed by atoms with Crippen molar-refractivity contribution in [3.63, 3.8) is 0 Å². The van der Waals surface area contributed by atoms with E-state index in [1.54, 1.807) is 36.4 Å². The Morgan fingerprint density at radius 3 is 2.60 bits per heavy atom. The second-order valence-corrected chi connectivity index (χ2v) is 4.63. The lowest BCUT2D eigenvalue weighted by Gasteiger charge is -2.06. The number of hydrazine groups is 1. The van der Waals surface area contributed by atoms with E-state index in [1.165, 1.54) is 18.4 Å². The van der Waals surface area contributed by atoms with Gasteiger partial charge in [0.2, 0.25) is 0 Å². The fraction of sp³-hybridized carbons (Fsp3) is 0.